The number of methoxy groups -OCH3 is 1. The van der Waals surface area contributed by atoms with E-state index in [1.54, 1.807) is 48.7 Å². The van der Waals surface area contributed by atoms with Crippen molar-refractivity contribution in [3.63, 3.8) is 0 Å². The highest BCUT2D eigenvalue weighted by Crippen LogP contribution is 2.33. The predicted octanol–water partition coefficient (Wildman–Crippen LogP) is 5.23. The average Bonchev–Trinajstić information content (AvgIpc) is 2.70. The van der Waals surface area contributed by atoms with Gasteiger partial charge in [-0.1, -0.05) is 29.3 Å². The van der Waals surface area contributed by atoms with Crippen molar-refractivity contribution in [2.45, 2.75) is 27.3 Å². The third-order valence-corrected chi connectivity index (χ3v) is 5.73. The van der Waals surface area contributed by atoms with Gasteiger partial charge in [-0.3, -0.25) is 4.79 Å². The van der Waals surface area contributed by atoms with Crippen LogP contribution in [0.4, 0.5) is 0 Å². The van der Waals surface area contributed by atoms with E-state index in [2.05, 4.69) is 4.98 Å². The molecule has 3 rings (SSSR count). The lowest BCUT2D eigenvalue weighted by atomic mass is 9.95. The number of hydrogen-bond donors (Lipinski definition) is 1. The van der Waals surface area contributed by atoms with Crippen molar-refractivity contribution in [3.05, 3.63) is 67.6 Å². The van der Waals surface area contributed by atoms with Gasteiger partial charge in [0.15, 0.2) is 0 Å². The molecule has 0 atom stereocenters. The van der Waals surface area contributed by atoms with E-state index in [1.165, 1.54) is 7.11 Å². The third kappa shape index (κ3) is 3.68. The van der Waals surface area contributed by atoms with Crippen LogP contribution < -0.4 is 10.2 Å². The Morgan fingerprint density at radius 2 is 1.87 bits per heavy atom. The molecule has 0 fully saturated rings. The molecule has 8 heteroatoms. The lowest BCUT2D eigenvalue weighted by Crippen LogP contribution is -2.25. The molecule has 0 aliphatic rings. The van der Waals surface area contributed by atoms with Crippen LogP contribution in [0.1, 0.15) is 28.7 Å². The molecule has 0 spiro atoms. The Bertz CT molecular complexity index is 1220. The SMILES string of the molecule is CCn1c(C)c(-c2ccc(OC)nc2C)c(=O)c(C(=O)O)c1-c1ccc(Cl)c(Cl)c1. The van der Waals surface area contributed by atoms with Crippen molar-refractivity contribution in [1.82, 2.24) is 9.55 Å². The molecule has 156 valence electrons. The molecular weight excluding hydrogens is 427 g/mol. The molecule has 0 saturated carbocycles. The Morgan fingerprint density at radius 3 is 2.40 bits per heavy atom. The molecule has 3 aromatic rings. The standard InChI is InChI=1S/C22H20Cl2N2O4/c1-5-26-12(3)18(14-7-9-17(30-4)25-11(14)2)21(27)19(22(28)29)20(26)13-6-8-15(23)16(24)10-13/h6-10H,5H2,1-4H3,(H,28,29). The molecule has 0 saturated heterocycles. The Balaban J connectivity index is 2.44. The molecule has 0 amide bonds. The minimum atomic E-state index is -1.32. The number of pyridine rings is 2. The summed E-state index contributed by atoms with van der Waals surface area (Å²) in [5.74, 6) is -0.903. The van der Waals surface area contributed by atoms with Gasteiger partial charge in [-0.25, -0.2) is 9.78 Å². The summed E-state index contributed by atoms with van der Waals surface area (Å²) in [7, 11) is 1.51. The monoisotopic (exact) mass is 446 g/mol. The molecule has 0 unspecified atom stereocenters. The number of rotatable bonds is 5. The molecule has 30 heavy (non-hydrogen) atoms. The Kier molecular flexibility index (Phi) is 6.19. The maximum absolute atomic E-state index is 13.4. The number of carbonyl (C=O) groups is 1. The van der Waals surface area contributed by atoms with Crippen molar-refractivity contribution < 1.29 is 14.6 Å². The van der Waals surface area contributed by atoms with Gasteiger partial charge in [0, 0.05) is 35.1 Å². The van der Waals surface area contributed by atoms with E-state index in [0.29, 0.717) is 45.5 Å². The van der Waals surface area contributed by atoms with E-state index in [0.717, 1.165) is 0 Å². The number of nitrogens with zero attached hydrogens (tertiary/aromatic N) is 2. The number of ether oxygens (including phenoxy) is 1. The van der Waals surface area contributed by atoms with Gasteiger partial charge in [-0.2, -0.15) is 0 Å². The number of carboxylic acids is 1. The fourth-order valence-electron chi connectivity index (χ4n) is 3.60. The second kappa shape index (κ2) is 8.50. The second-order valence-corrected chi connectivity index (χ2v) is 7.49. The molecule has 2 aromatic heterocycles. The largest absolute Gasteiger partial charge is 0.481 e. The number of benzene rings is 1. The number of halogens is 2. The van der Waals surface area contributed by atoms with Gasteiger partial charge in [0.25, 0.3) is 0 Å². The van der Waals surface area contributed by atoms with Gasteiger partial charge >= 0.3 is 5.97 Å². The number of aryl methyl sites for hydroxylation is 1. The highest BCUT2D eigenvalue weighted by molar-refractivity contribution is 6.42. The van der Waals surface area contributed by atoms with E-state index < -0.39 is 11.4 Å². The van der Waals surface area contributed by atoms with Crippen LogP contribution in [0.25, 0.3) is 22.4 Å². The van der Waals surface area contributed by atoms with Gasteiger partial charge in [0.1, 0.15) is 5.56 Å². The quantitative estimate of drug-likeness (QED) is 0.580. The predicted molar refractivity (Wildman–Crippen MR) is 118 cm³/mol. The summed E-state index contributed by atoms with van der Waals surface area (Å²) >= 11 is 12.2. The summed E-state index contributed by atoms with van der Waals surface area (Å²) in [6.07, 6.45) is 0. The summed E-state index contributed by atoms with van der Waals surface area (Å²) < 4.78 is 6.93. The Morgan fingerprint density at radius 1 is 1.17 bits per heavy atom. The first-order valence-electron chi connectivity index (χ1n) is 9.19. The Labute approximate surface area is 183 Å². The molecule has 0 aliphatic heterocycles. The molecule has 1 aromatic carbocycles. The van der Waals surface area contributed by atoms with E-state index in [9.17, 15) is 14.7 Å². The third-order valence-electron chi connectivity index (χ3n) is 4.99. The summed E-state index contributed by atoms with van der Waals surface area (Å²) in [4.78, 5) is 30.0. The number of hydrogen-bond acceptors (Lipinski definition) is 4. The molecule has 0 aliphatic carbocycles. The molecule has 2 heterocycles. The van der Waals surface area contributed by atoms with Crippen LogP contribution in [-0.2, 0) is 6.54 Å². The van der Waals surface area contributed by atoms with Crippen LogP contribution in [0.5, 0.6) is 5.88 Å². The average molecular weight is 447 g/mol. The van der Waals surface area contributed by atoms with E-state index in [-0.39, 0.29) is 16.3 Å². The van der Waals surface area contributed by atoms with Crippen molar-refractivity contribution in [1.29, 1.82) is 0 Å². The summed E-state index contributed by atoms with van der Waals surface area (Å²) in [5.41, 5.74) is 1.93. The summed E-state index contributed by atoms with van der Waals surface area (Å²) in [6.45, 7) is 5.86. The van der Waals surface area contributed by atoms with Gasteiger partial charge in [-0.05, 0) is 39.0 Å². The lowest BCUT2D eigenvalue weighted by molar-refractivity contribution is 0.0695. The molecule has 6 nitrogen and oxygen atoms in total. The summed E-state index contributed by atoms with van der Waals surface area (Å²) in [6, 6.07) is 8.16. The fourth-order valence-corrected chi connectivity index (χ4v) is 3.90. The maximum atomic E-state index is 13.4. The highest BCUT2D eigenvalue weighted by atomic mass is 35.5. The van der Waals surface area contributed by atoms with Crippen molar-refractivity contribution in [2.75, 3.05) is 7.11 Å². The van der Waals surface area contributed by atoms with Crippen molar-refractivity contribution in [2.24, 2.45) is 0 Å². The van der Waals surface area contributed by atoms with Gasteiger partial charge in [0.05, 0.1) is 28.4 Å². The first-order chi connectivity index (χ1) is 14.2. The van der Waals surface area contributed by atoms with Crippen LogP contribution in [-0.4, -0.2) is 27.7 Å². The lowest BCUT2D eigenvalue weighted by Gasteiger charge is -2.22. The highest BCUT2D eigenvalue weighted by Gasteiger charge is 2.26. The van der Waals surface area contributed by atoms with Gasteiger partial charge < -0.3 is 14.4 Å². The van der Waals surface area contributed by atoms with E-state index in [4.69, 9.17) is 27.9 Å². The smallest absolute Gasteiger partial charge is 0.341 e. The zero-order valence-electron chi connectivity index (χ0n) is 16.9. The van der Waals surface area contributed by atoms with Crippen LogP contribution in [0.2, 0.25) is 10.0 Å². The van der Waals surface area contributed by atoms with E-state index >= 15 is 0 Å². The number of aromatic nitrogens is 2. The maximum Gasteiger partial charge on any atom is 0.341 e. The topological polar surface area (TPSA) is 81.4 Å². The first-order valence-corrected chi connectivity index (χ1v) is 9.94. The molecular formula is C22H20Cl2N2O4. The van der Waals surface area contributed by atoms with Crippen LogP contribution >= 0.6 is 23.2 Å². The van der Waals surface area contributed by atoms with Crippen molar-refractivity contribution >= 4 is 29.2 Å². The van der Waals surface area contributed by atoms with Crippen LogP contribution in [0.3, 0.4) is 0 Å². The van der Waals surface area contributed by atoms with Crippen molar-refractivity contribution in [3.8, 4) is 28.3 Å². The summed E-state index contributed by atoms with van der Waals surface area (Å²) in [5, 5.41) is 10.6. The van der Waals surface area contributed by atoms with E-state index in [1.807, 2.05) is 6.92 Å². The fraction of sp³-hybridized carbons (Fsp3) is 0.227. The van der Waals surface area contributed by atoms with Gasteiger partial charge in [-0.15, -0.1) is 0 Å². The normalized spacial score (nSPS) is 10.9. The van der Waals surface area contributed by atoms with Crippen LogP contribution in [0, 0.1) is 13.8 Å². The zero-order valence-corrected chi connectivity index (χ0v) is 18.4. The first kappa shape index (κ1) is 21.9. The number of aromatic carboxylic acids is 1. The molecule has 0 radical (unpaired) electrons. The Hall–Kier alpha value is -2.83. The second-order valence-electron chi connectivity index (χ2n) is 6.68. The minimum Gasteiger partial charge on any atom is -0.481 e. The molecule has 1 N–H and O–H groups in total. The molecule has 0 bridgehead atoms. The van der Waals surface area contributed by atoms with Gasteiger partial charge in [0.2, 0.25) is 11.3 Å². The zero-order chi connectivity index (χ0) is 22.2. The van der Waals surface area contributed by atoms with Crippen LogP contribution in [0.15, 0.2) is 35.1 Å². The number of carboxylic acid groups (broad SMARTS) is 1. The minimum absolute atomic E-state index is 0.275.